The van der Waals surface area contributed by atoms with Gasteiger partial charge < -0.3 is 15.0 Å². The van der Waals surface area contributed by atoms with Gasteiger partial charge in [-0.05, 0) is 37.5 Å². The van der Waals surface area contributed by atoms with Crippen molar-refractivity contribution in [2.75, 3.05) is 39.4 Å². The predicted molar refractivity (Wildman–Crippen MR) is 101 cm³/mol. The molecule has 1 aliphatic carbocycles. The lowest BCUT2D eigenvalue weighted by atomic mass is 10.1. The molecule has 1 aromatic carbocycles. The highest BCUT2D eigenvalue weighted by atomic mass is 32.2. The van der Waals surface area contributed by atoms with Crippen molar-refractivity contribution in [3.63, 3.8) is 0 Å². The summed E-state index contributed by atoms with van der Waals surface area (Å²) in [5, 5.41) is 2.62. The maximum atomic E-state index is 13.1. The number of rotatable bonds is 6. The van der Waals surface area contributed by atoms with Crippen LogP contribution in [0.3, 0.4) is 0 Å². The van der Waals surface area contributed by atoms with Gasteiger partial charge in [0.15, 0.2) is 0 Å². The second-order valence-electron chi connectivity index (χ2n) is 7.63. The zero-order chi connectivity index (χ0) is 19.7. The first-order valence-corrected chi connectivity index (χ1v) is 11.1. The van der Waals surface area contributed by atoms with Crippen LogP contribution in [-0.2, 0) is 19.6 Å². The number of hydrogen-bond acceptors (Lipinski definition) is 5. The number of nitrogens with one attached hydrogen (secondary N) is 1. The maximum Gasteiger partial charge on any atom is 0.254 e. The summed E-state index contributed by atoms with van der Waals surface area (Å²) in [5.74, 6) is -0.119. The van der Waals surface area contributed by atoms with Gasteiger partial charge in [0.1, 0.15) is 0 Å². The summed E-state index contributed by atoms with van der Waals surface area (Å²) in [5.41, 5.74) is 0.369. The third-order valence-electron chi connectivity index (χ3n) is 5.45. The van der Waals surface area contributed by atoms with Crippen LogP contribution in [0.25, 0.3) is 0 Å². The predicted octanol–water partition coefficient (Wildman–Crippen LogP) is 0.448. The van der Waals surface area contributed by atoms with Crippen molar-refractivity contribution in [3.8, 4) is 0 Å². The molecule has 28 heavy (non-hydrogen) atoms. The molecule has 2 amide bonds. The van der Waals surface area contributed by atoms with Gasteiger partial charge in [-0.15, -0.1) is 0 Å². The number of piperazine rings is 1. The largest absolute Gasteiger partial charge is 0.381 e. The summed E-state index contributed by atoms with van der Waals surface area (Å²) < 4.78 is 32.4. The van der Waals surface area contributed by atoms with Gasteiger partial charge in [0.2, 0.25) is 15.9 Å². The third kappa shape index (κ3) is 4.06. The van der Waals surface area contributed by atoms with Crippen LogP contribution >= 0.6 is 0 Å². The van der Waals surface area contributed by atoms with Crippen LogP contribution in [0.5, 0.6) is 0 Å². The van der Waals surface area contributed by atoms with Crippen molar-refractivity contribution in [1.29, 1.82) is 0 Å². The summed E-state index contributed by atoms with van der Waals surface area (Å²) >= 11 is 0. The van der Waals surface area contributed by atoms with Crippen LogP contribution < -0.4 is 5.32 Å². The van der Waals surface area contributed by atoms with Crippen molar-refractivity contribution < 1.29 is 22.7 Å². The Bertz CT molecular complexity index is 862. The van der Waals surface area contributed by atoms with Gasteiger partial charge in [0.05, 0.1) is 18.0 Å². The number of carbonyl (C=O) groups excluding carboxylic acids is 2. The van der Waals surface area contributed by atoms with E-state index < -0.39 is 10.0 Å². The molecule has 1 N–H and O–H groups in total. The van der Waals surface area contributed by atoms with E-state index in [0.717, 1.165) is 30.2 Å². The Morgan fingerprint density at radius 2 is 2.11 bits per heavy atom. The molecule has 9 heteroatoms. The summed E-state index contributed by atoms with van der Waals surface area (Å²) in [6.07, 6.45) is 2.92. The topological polar surface area (TPSA) is 96.0 Å². The van der Waals surface area contributed by atoms with Crippen molar-refractivity contribution in [1.82, 2.24) is 14.5 Å². The zero-order valence-corrected chi connectivity index (χ0v) is 16.5. The average Bonchev–Trinajstić information content (AvgIpc) is 3.41. The zero-order valence-electron chi connectivity index (χ0n) is 15.7. The third-order valence-corrected chi connectivity index (χ3v) is 7.29. The molecule has 4 rings (SSSR count). The molecule has 0 unspecified atom stereocenters. The second-order valence-corrected chi connectivity index (χ2v) is 9.57. The van der Waals surface area contributed by atoms with Gasteiger partial charge in [-0.2, -0.15) is 4.31 Å². The Labute approximate surface area is 164 Å². The highest BCUT2D eigenvalue weighted by Crippen LogP contribution is 2.31. The molecule has 0 aromatic heterocycles. The van der Waals surface area contributed by atoms with E-state index in [9.17, 15) is 18.0 Å². The van der Waals surface area contributed by atoms with Crippen LogP contribution in [0.1, 0.15) is 29.6 Å². The number of hydrogen-bond donors (Lipinski definition) is 1. The molecular formula is C19H25N3O5S. The van der Waals surface area contributed by atoms with Gasteiger partial charge >= 0.3 is 0 Å². The lowest BCUT2D eigenvalue weighted by Gasteiger charge is -2.27. The first-order valence-electron chi connectivity index (χ1n) is 9.71. The second kappa shape index (κ2) is 7.81. The highest BCUT2D eigenvalue weighted by Gasteiger charge is 2.36. The molecule has 2 heterocycles. The van der Waals surface area contributed by atoms with Crippen molar-refractivity contribution >= 4 is 21.8 Å². The number of amides is 2. The molecule has 1 aromatic rings. The van der Waals surface area contributed by atoms with E-state index in [1.807, 2.05) is 4.90 Å². The maximum absolute atomic E-state index is 13.1. The van der Waals surface area contributed by atoms with E-state index in [1.165, 1.54) is 12.1 Å². The number of carbonyl (C=O) groups is 2. The molecule has 2 aliphatic heterocycles. The SMILES string of the molecule is O=C1CN(S(=O)(=O)c2cccc(C(=O)N(C[C@@H]3CCOC3)C3CC3)c2)CCN1. The Balaban J connectivity index is 1.55. The van der Waals surface area contributed by atoms with Gasteiger partial charge in [-0.3, -0.25) is 9.59 Å². The molecule has 1 atom stereocenters. The van der Waals surface area contributed by atoms with E-state index in [1.54, 1.807) is 12.1 Å². The van der Waals surface area contributed by atoms with Crippen LogP contribution in [0.15, 0.2) is 29.2 Å². The highest BCUT2D eigenvalue weighted by molar-refractivity contribution is 7.89. The normalized spacial score (nSPS) is 23.4. The quantitative estimate of drug-likeness (QED) is 0.739. The molecule has 8 nitrogen and oxygen atoms in total. The minimum Gasteiger partial charge on any atom is -0.381 e. The summed E-state index contributed by atoms with van der Waals surface area (Å²) in [4.78, 5) is 26.6. The van der Waals surface area contributed by atoms with Gasteiger partial charge in [0, 0.05) is 43.8 Å². The summed E-state index contributed by atoms with van der Waals surface area (Å²) in [7, 11) is -3.82. The Kier molecular flexibility index (Phi) is 5.39. The Morgan fingerprint density at radius 3 is 2.79 bits per heavy atom. The first-order chi connectivity index (χ1) is 13.4. The molecule has 3 fully saturated rings. The lowest BCUT2D eigenvalue weighted by Crippen LogP contribution is -2.49. The Hall–Kier alpha value is -1.97. The molecule has 152 valence electrons. The smallest absolute Gasteiger partial charge is 0.254 e. The van der Waals surface area contributed by atoms with Crippen LogP contribution in [0.2, 0.25) is 0 Å². The first kappa shape index (κ1) is 19.4. The van der Waals surface area contributed by atoms with Crippen LogP contribution in [0.4, 0.5) is 0 Å². The minimum absolute atomic E-state index is 0.0491. The van der Waals surface area contributed by atoms with Gasteiger partial charge in [-0.25, -0.2) is 8.42 Å². The molecule has 2 saturated heterocycles. The molecule has 3 aliphatic rings. The van der Waals surface area contributed by atoms with Crippen LogP contribution in [0, 0.1) is 5.92 Å². The average molecular weight is 407 g/mol. The fourth-order valence-corrected chi connectivity index (χ4v) is 5.16. The number of benzene rings is 1. The monoisotopic (exact) mass is 407 g/mol. The summed E-state index contributed by atoms with van der Waals surface area (Å²) in [6, 6.07) is 6.40. The van der Waals surface area contributed by atoms with Gasteiger partial charge in [-0.1, -0.05) is 6.07 Å². The van der Waals surface area contributed by atoms with E-state index >= 15 is 0 Å². The Morgan fingerprint density at radius 1 is 1.29 bits per heavy atom. The van der Waals surface area contributed by atoms with Crippen LogP contribution in [-0.4, -0.2) is 74.9 Å². The molecule has 0 spiro atoms. The standard InChI is InChI=1S/C19H25N3O5S/c23-18-12-21(8-7-20-18)28(25,26)17-3-1-2-15(10-17)19(24)22(16-4-5-16)11-14-6-9-27-13-14/h1-3,10,14,16H,4-9,11-13H2,(H,20,23)/t14-/m0/s1. The molecule has 1 saturated carbocycles. The minimum atomic E-state index is -3.82. The lowest BCUT2D eigenvalue weighted by molar-refractivity contribution is -0.122. The number of nitrogens with zero attached hydrogens (tertiary/aromatic N) is 2. The molecule has 0 bridgehead atoms. The van der Waals surface area contributed by atoms with E-state index in [-0.39, 0.29) is 42.4 Å². The van der Waals surface area contributed by atoms with Crippen molar-refractivity contribution in [2.45, 2.75) is 30.2 Å². The van der Waals surface area contributed by atoms with Crippen molar-refractivity contribution in [3.05, 3.63) is 29.8 Å². The number of sulfonamides is 1. The van der Waals surface area contributed by atoms with E-state index in [4.69, 9.17) is 4.74 Å². The fourth-order valence-electron chi connectivity index (χ4n) is 3.71. The van der Waals surface area contributed by atoms with Gasteiger partial charge in [0.25, 0.3) is 5.91 Å². The molecule has 0 radical (unpaired) electrons. The fraction of sp³-hybridized carbons (Fsp3) is 0.579. The summed E-state index contributed by atoms with van der Waals surface area (Å²) in [6.45, 7) is 2.36. The molecular weight excluding hydrogens is 382 g/mol. The van der Waals surface area contributed by atoms with E-state index in [2.05, 4.69) is 5.32 Å². The number of ether oxygens (including phenoxy) is 1. The van der Waals surface area contributed by atoms with E-state index in [0.29, 0.717) is 24.6 Å². The van der Waals surface area contributed by atoms with Crippen molar-refractivity contribution in [2.24, 2.45) is 5.92 Å².